The Balaban J connectivity index is 1.87. The number of hydrogen-bond acceptors (Lipinski definition) is 4. The van der Waals surface area contributed by atoms with Crippen LogP contribution < -0.4 is 10.3 Å². The summed E-state index contributed by atoms with van der Waals surface area (Å²) in [6, 6.07) is 8.46. The lowest BCUT2D eigenvalue weighted by atomic mass is 9.80. The predicted molar refractivity (Wildman–Crippen MR) is 76.6 cm³/mol. The van der Waals surface area contributed by atoms with Crippen molar-refractivity contribution in [3.05, 3.63) is 29.8 Å². The summed E-state index contributed by atoms with van der Waals surface area (Å²) in [6.45, 7) is 0. The largest absolute Gasteiger partial charge is 0.378 e. The number of rotatable bonds is 2. The van der Waals surface area contributed by atoms with Gasteiger partial charge in [-0.05, 0) is 30.5 Å². The van der Waals surface area contributed by atoms with E-state index in [2.05, 4.69) is 39.7 Å². The maximum atomic E-state index is 12.1. The van der Waals surface area contributed by atoms with E-state index in [4.69, 9.17) is 0 Å². The van der Waals surface area contributed by atoms with Gasteiger partial charge in [-0.1, -0.05) is 12.1 Å². The van der Waals surface area contributed by atoms with Crippen molar-refractivity contribution < 1.29 is 4.79 Å². The van der Waals surface area contributed by atoms with Gasteiger partial charge in [-0.3, -0.25) is 4.79 Å². The lowest BCUT2D eigenvalue weighted by molar-refractivity contribution is -0.122. The fourth-order valence-corrected chi connectivity index (χ4v) is 2.92. The molecule has 100 valence electrons. The number of anilines is 1. The topological polar surface area (TPSA) is 44.7 Å². The third-order valence-electron chi connectivity index (χ3n) is 4.01. The van der Waals surface area contributed by atoms with Crippen LogP contribution in [0.25, 0.3) is 0 Å². The van der Waals surface area contributed by atoms with Crippen molar-refractivity contribution in [2.45, 2.75) is 25.3 Å². The molecule has 1 N–H and O–H groups in total. The molecule has 1 aliphatic carbocycles. The van der Waals surface area contributed by atoms with Gasteiger partial charge in [0.2, 0.25) is 0 Å². The van der Waals surface area contributed by atoms with Crippen LogP contribution in [0.5, 0.6) is 0 Å². The molecule has 3 rings (SSSR count). The molecule has 1 aromatic rings. The second-order valence-electron chi connectivity index (χ2n) is 5.51. The summed E-state index contributed by atoms with van der Waals surface area (Å²) in [4.78, 5) is 14.2. The minimum atomic E-state index is -0.0426. The van der Waals surface area contributed by atoms with Crippen molar-refractivity contribution in [2.75, 3.05) is 19.0 Å². The highest BCUT2D eigenvalue weighted by atomic mass is 16.1. The zero-order valence-corrected chi connectivity index (χ0v) is 11.4. The second kappa shape index (κ2) is 4.68. The Bertz CT molecular complexity index is 519. The minimum absolute atomic E-state index is 0.0426. The molecule has 0 radical (unpaired) electrons. The van der Waals surface area contributed by atoms with Crippen LogP contribution in [0.2, 0.25) is 0 Å². The molecule has 2 aliphatic rings. The molecule has 19 heavy (non-hydrogen) atoms. The van der Waals surface area contributed by atoms with E-state index in [-0.39, 0.29) is 12.0 Å². The molecule has 4 nitrogen and oxygen atoms in total. The maximum absolute atomic E-state index is 12.1. The van der Waals surface area contributed by atoms with Gasteiger partial charge in [0.15, 0.2) is 0 Å². The Kier molecular flexibility index (Phi) is 3.01. The molecule has 0 spiro atoms. The van der Waals surface area contributed by atoms with Crippen LogP contribution in [0.1, 0.15) is 24.8 Å². The first-order chi connectivity index (χ1) is 9.16. The molecule has 1 aliphatic heterocycles. The fourth-order valence-electron chi connectivity index (χ4n) is 2.92. The van der Waals surface area contributed by atoms with Crippen molar-refractivity contribution in [1.82, 2.24) is 5.43 Å². The summed E-state index contributed by atoms with van der Waals surface area (Å²) in [5.74, 6) is 0.288. The third-order valence-corrected chi connectivity index (χ3v) is 4.01. The molecular formula is C15H19N3O. The van der Waals surface area contributed by atoms with Gasteiger partial charge in [0, 0.05) is 26.2 Å². The summed E-state index contributed by atoms with van der Waals surface area (Å²) >= 11 is 0. The van der Waals surface area contributed by atoms with E-state index >= 15 is 0 Å². The number of carbonyl (C=O) groups excluding carboxylic acids is 1. The number of fused-ring (bicyclic) bond motifs is 1. The van der Waals surface area contributed by atoms with Crippen LogP contribution in [0.15, 0.2) is 29.4 Å². The summed E-state index contributed by atoms with van der Waals surface area (Å²) in [7, 11) is 4.04. The molecule has 0 aromatic heterocycles. The number of hydrogen-bond donors (Lipinski definition) is 1. The zero-order chi connectivity index (χ0) is 13.4. The van der Waals surface area contributed by atoms with Gasteiger partial charge in [0.25, 0.3) is 0 Å². The fraction of sp³-hybridized carbons (Fsp3) is 0.467. The molecule has 0 amide bonds. The molecule has 1 saturated carbocycles. The van der Waals surface area contributed by atoms with Crippen LogP contribution in [-0.2, 0) is 4.79 Å². The van der Waals surface area contributed by atoms with Gasteiger partial charge in [0.1, 0.15) is 5.78 Å². The Morgan fingerprint density at radius 3 is 2.68 bits per heavy atom. The molecule has 4 heteroatoms. The monoisotopic (exact) mass is 257 g/mol. The Morgan fingerprint density at radius 1 is 1.26 bits per heavy atom. The number of hydrazone groups is 1. The molecular weight excluding hydrogens is 238 g/mol. The van der Waals surface area contributed by atoms with Crippen LogP contribution in [-0.4, -0.2) is 31.6 Å². The smallest absolute Gasteiger partial charge is 0.144 e. The van der Waals surface area contributed by atoms with Gasteiger partial charge in [-0.25, -0.2) is 0 Å². The highest BCUT2D eigenvalue weighted by Crippen LogP contribution is 2.29. The number of ketones is 1. The van der Waals surface area contributed by atoms with Gasteiger partial charge in [-0.2, -0.15) is 5.10 Å². The number of carbonyl (C=O) groups is 1. The first-order valence-electron chi connectivity index (χ1n) is 6.80. The van der Waals surface area contributed by atoms with E-state index in [1.54, 1.807) is 0 Å². The maximum Gasteiger partial charge on any atom is 0.144 e. The molecule has 0 bridgehead atoms. The highest BCUT2D eigenvalue weighted by Gasteiger charge is 2.39. The lowest BCUT2D eigenvalue weighted by Crippen LogP contribution is -2.39. The lowest BCUT2D eigenvalue weighted by Gasteiger charge is -2.24. The Labute approximate surface area is 113 Å². The normalized spacial score (nSPS) is 25.6. The van der Waals surface area contributed by atoms with Crippen molar-refractivity contribution in [2.24, 2.45) is 11.0 Å². The average Bonchev–Trinajstić information content (AvgIpc) is 2.84. The highest BCUT2D eigenvalue weighted by molar-refractivity contribution is 6.15. The molecule has 1 aromatic carbocycles. The Morgan fingerprint density at radius 2 is 2.00 bits per heavy atom. The average molecular weight is 257 g/mol. The SMILES string of the molecule is CN(C)c1ccc(C2=NNC3CCCC(=O)C23)cc1. The summed E-state index contributed by atoms with van der Waals surface area (Å²) in [5.41, 5.74) is 6.26. The number of nitrogens with zero attached hydrogens (tertiary/aromatic N) is 2. The van der Waals surface area contributed by atoms with Gasteiger partial charge in [0.05, 0.1) is 17.7 Å². The van der Waals surface area contributed by atoms with Crippen LogP contribution in [0.4, 0.5) is 5.69 Å². The van der Waals surface area contributed by atoms with Gasteiger partial charge < -0.3 is 10.3 Å². The number of Topliss-reactive ketones (excluding diaryl/α,β-unsaturated/α-hetero) is 1. The first kappa shape index (κ1) is 12.2. The van der Waals surface area contributed by atoms with Crippen molar-refractivity contribution in [1.29, 1.82) is 0 Å². The molecule has 0 saturated heterocycles. The first-order valence-corrected chi connectivity index (χ1v) is 6.80. The van der Waals surface area contributed by atoms with Gasteiger partial charge in [-0.15, -0.1) is 0 Å². The Hall–Kier alpha value is -1.84. The van der Waals surface area contributed by atoms with Crippen molar-refractivity contribution in [3.63, 3.8) is 0 Å². The van der Waals surface area contributed by atoms with E-state index < -0.39 is 0 Å². The van der Waals surface area contributed by atoms with Crippen LogP contribution >= 0.6 is 0 Å². The summed E-state index contributed by atoms with van der Waals surface area (Å²) in [6.07, 6.45) is 2.71. The van der Waals surface area contributed by atoms with Gasteiger partial charge >= 0.3 is 0 Å². The third kappa shape index (κ3) is 2.11. The number of benzene rings is 1. The van der Waals surface area contributed by atoms with E-state index in [0.717, 1.165) is 29.8 Å². The summed E-state index contributed by atoms with van der Waals surface area (Å²) in [5, 5.41) is 4.41. The van der Waals surface area contributed by atoms with E-state index in [0.29, 0.717) is 12.2 Å². The standard InChI is InChI=1S/C15H19N3O/c1-18(2)11-8-6-10(7-9-11)15-14-12(16-17-15)4-3-5-13(14)19/h6-9,12,14,16H,3-5H2,1-2H3. The molecule has 1 heterocycles. The zero-order valence-electron chi connectivity index (χ0n) is 11.4. The van der Waals surface area contributed by atoms with Crippen molar-refractivity contribution in [3.8, 4) is 0 Å². The molecule has 1 fully saturated rings. The summed E-state index contributed by atoms with van der Waals surface area (Å²) < 4.78 is 0. The molecule has 2 atom stereocenters. The molecule has 2 unspecified atom stereocenters. The van der Waals surface area contributed by atoms with E-state index in [1.807, 2.05) is 14.1 Å². The van der Waals surface area contributed by atoms with Crippen LogP contribution in [0, 0.1) is 5.92 Å². The van der Waals surface area contributed by atoms with Crippen LogP contribution in [0.3, 0.4) is 0 Å². The minimum Gasteiger partial charge on any atom is -0.378 e. The van der Waals surface area contributed by atoms with E-state index in [1.165, 1.54) is 0 Å². The van der Waals surface area contributed by atoms with Crippen molar-refractivity contribution >= 4 is 17.2 Å². The predicted octanol–water partition coefficient (Wildman–Crippen LogP) is 1.80. The van der Waals surface area contributed by atoms with E-state index in [9.17, 15) is 4.79 Å². The quantitative estimate of drug-likeness (QED) is 0.878. The second-order valence-corrected chi connectivity index (χ2v) is 5.51. The number of nitrogens with one attached hydrogen (secondary N) is 1.